The molecule has 3 heteroatoms. The van der Waals surface area contributed by atoms with Gasteiger partial charge in [-0.15, -0.1) is 0 Å². The topological polar surface area (TPSA) is 38.3 Å². The molecule has 0 saturated heterocycles. The third-order valence-electron chi connectivity index (χ3n) is 6.53. The van der Waals surface area contributed by atoms with Gasteiger partial charge in [0.15, 0.2) is 0 Å². The minimum atomic E-state index is -0.151. The number of amides is 1. The molecule has 3 nitrogen and oxygen atoms in total. The van der Waals surface area contributed by atoms with Crippen molar-refractivity contribution in [3.8, 4) is 5.75 Å². The quantitative estimate of drug-likeness (QED) is 0.364. The lowest BCUT2D eigenvalue weighted by atomic mass is 9.75. The highest BCUT2D eigenvalue weighted by Crippen LogP contribution is 2.37. The molecule has 1 aromatic carbocycles. The van der Waals surface area contributed by atoms with Crippen molar-refractivity contribution in [3.63, 3.8) is 0 Å². The molecule has 1 aromatic rings. The van der Waals surface area contributed by atoms with Crippen LogP contribution in [0.15, 0.2) is 24.3 Å². The first kappa shape index (κ1) is 23.8. The van der Waals surface area contributed by atoms with Gasteiger partial charge >= 0.3 is 0 Å². The molecule has 1 aliphatic rings. The minimum Gasteiger partial charge on any atom is -0.488 e. The summed E-state index contributed by atoms with van der Waals surface area (Å²) in [5.74, 6) is 2.47. The standard InChI is InChI=1S/C26H43NO2/c1-5-6-7-8-9-10-11-12-25(28)27-23-17-19-24(20-18-23)29-26(3,4)22-15-13-21(2)14-16-22/h17-22H,5-16H2,1-4H3,(H,27,28). The van der Waals surface area contributed by atoms with E-state index in [1.165, 1.54) is 57.8 Å². The summed E-state index contributed by atoms with van der Waals surface area (Å²) in [6.45, 7) is 9.02. The van der Waals surface area contributed by atoms with Gasteiger partial charge in [-0.1, -0.05) is 65.2 Å². The van der Waals surface area contributed by atoms with Gasteiger partial charge in [0.05, 0.1) is 0 Å². The predicted molar refractivity (Wildman–Crippen MR) is 124 cm³/mol. The molecule has 0 heterocycles. The van der Waals surface area contributed by atoms with Crippen LogP contribution in [-0.2, 0) is 4.79 Å². The molecule has 1 fully saturated rings. The summed E-state index contributed by atoms with van der Waals surface area (Å²) in [6, 6.07) is 7.88. The van der Waals surface area contributed by atoms with Gasteiger partial charge in [0.2, 0.25) is 5.91 Å². The summed E-state index contributed by atoms with van der Waals surface area (Å²) in [4.78, 5) is 12.2. The largest absolute Gasteiger partial charge is 0.488 e. The number of anilines is 1. The van der Waals surface area contributed by atoms with Gasteiger partial charge in [-0.05, 0) is 69.2 Å². The number of carbonyl (C=O) groups is 1. The highest BCUT2D eigenvalue weighted by molar-refractivity contribution is 5.90. The van der Waals surface area contributed by atoms with Crippen molar-refractivity contribution < 1.29 is 9.53 Å². The van der Waals surface area contributed by atoms with Crippen molar-refractivity contribution in [1.82, 2.24) is 0 Å². The van der Waals surface area contributed by atoms with E-state index in [1.54, 1.807) is 0 Å². The molecule has 1 saturated carbocycles. The van der Waals surface area contributed by atoms with E-state index >= 15 is 0 Å². The average molecular weight is 402 g/mol. The fourth-order valence-corrected chi connectivity index (χ4v) is 4.41. The molecular weight excluding hydrogens is 358 g/mol. The molecule has 0 bridgehead atoms. The van der Waals surface area contributed by atoms with Crippen LogP contribution in [0.2, 0.25) is 0 Å². The molecule has 2 rings (SSSR count). The van der Waals surface area contributed by atoms with Crippen molar-refractivity contribution in [2.75, 3.05) is 5.32 Å². The summed E-state index contributed by atoms with van der Waals surface area (Å²) in [6.07, 6.45) is 14.3. The van der Waals surface area contributed by atoms with E-state index in [0.717, 1.165) is 30.2 Å². The van der Waals surface area contributed by atoms with Crippen LogP contribution in [0, 0.1) is 11.8 Å². The molecule has 164 valence electrons. The van der Waals surface area contributed by atoms with E-state index < -0.39 is 0 Å². The lowest BCUT2D eigenvalue weighted by Crippen LogP contribution is -2.39. The Morgan fingerprint density at radius 1 is 0.966 bits per heavy atom. The predicted octanol–water partition coefficient (Wildman–Crippen LogP) is 7.75. The SMILES string of the molecule is CCCCCCCCCC(=O)Nc1ccc(OC(C)(C)C2CCC(C)CC2)cc1. The van der Waals surface area contributed by atoms with Crippen LogP contribution in [-0.4, -0.2) is 11.5 Å². The molecule has 0 unspecified atom stereocenters. The van der Waals surface area contributed by atoms with Gasteiger partial charge in [0.1, 0.15) is 11.4 Å². The van der Waals surface area contributed by atoms with E-state index in [1.807, 2.05) is 24.3 Å². The van der Waals surface area contributed by atoms with Crippen LogP contribution in [0.5, 0.6) is 5.75 Å². The first-order valence-electron chi connectivity index (χ1n) is 12.0. The van der Waals surface area contributed by atoms with Crippen molar-refractivity contribution in [3.05, 3.63) is 24.3 Å². The third kappa shape index (κ3) is 8.80. The van der Waals surface area contributed by atoms with Crippen LogP contribution in [0.1, 0.15) is 105 Å². The Kier molecular flexibility index (Phi) is 10.0. The molecule has 0 spiro atoms. The van der Waals surface area contributed by atoms with Gasteiger partial charge in [-0.3, -0.25) is 4.79 Å². The first-order chi connectivity index (χ1) is 13.9. The number of hydrogen-bond acceptors (Lipinski definition) is 2. The number of carbonyl (C=O) groups excluding carboxylic acids is 1. The Labute approximate surface area is 179 Å². The van der Waals surface area contributed by atoms with E-state index in [2.05, 4.69) is 33.0 Å². The van der Waals surface area contributed by atoms with Gasteiger partial charge in [0.25, 0.3) is 0 Å². The fourth-order valence-electron chi connectivity index (χ4n) is 4.41. The maximum atomic E-state index is 12.2. The molecule has 0 radical (unpaired) electrons. The maximum absolute atomic E-state index is 12.2. The zero-order chi connectivity index (χ0) is 21.1. The molecular formula is C26H43NO2. The second-order valence-electron chi connectivity index (χ2n) is 9.61. The minimum absolute atomic E-state index is 0.115. The van der Waals surface area contributed by atoms with Crippen LogP contribution >= 0.6 is 0 Å². The molecule has 1 amide bonds. The summed E-state index contributed by atoms with van der Waals surface area (Å²) in [5, 5.41) is 3.02. The Hall–Kier alpha value is -1.51. The lowest BCUT2D eigenvalue weighted by Gasteiger charge is -2.38. The van der Waals surface area contributed by atoms with Gasteiger partial charge in [-0.2, -0.15) is 0 Å². The number of nitrogens with one attached hydrogen (secondary N) is 1. The highest BCUT2D eigenvalue weighted by atomic mass is 16.5. The highest BCUT2D eigenvalue weighted by Gasteiger charge is 2.34. The fraction of sp³-hybridized carbons (Fsp3) is 0.731. The van der Waals surface area contributed by atoms with Crippen molar-refractivity contribution >= 4 is 11.6 Å². The number of benzene rings is 1. The van der Waals surface area contributed by atoms with Crippen LogP contribution in [0.3, 0.4) is 0 Å². The van der Waals surface area contributed by atoms with Gasteiger partial charge < -0.3 is 10.1 Å². The Bertz CT molecular complexity index is 585. The Balaban J connectivity index is 1.70. The van der Waals surface area contributed by atoms with Crippen LogP contribution in [0.25, 0.3) is 0 Å². The van der Waals surface area contributed by atoms with Crippen molar-refractivity contribution in [2.24, 2.45) is 11.8 Å². The third-order valence-corrected chi connectivity index (χ3v) is 6.53. The summed E-state index contributed by atoms with van der Waals surface area (Å²) in [5.41, 5.74) is 0.705. The zero-order valence-electron chi connectivity index (χ0n) is 19.3. The summed E-state index contributed by atoms with van der Waals surface area (Å²) in [7, 11) is 0. The monoisotopic (exact) mass is 401 g/mol. The van der Waals surface area contributed by atoms with Crippen LogP contribution < -0.4 is 10.1 Å². The van der Waals surface area contributed by atoms with E-state index in [9.17, 15) is 4.79 Å². The Morgan fingerprint density at radius 3 is 2.17 bits per heavy atom. The Morgan fingerprint density at radius 2 is 1.55 bits per heavy atom. The molecule has 1 aliphatic carbocycles. The van der Waals surface area contributed by atoms with E-state index in [-0.39, 0.29) is 11.5 Å². The van der Waals surface area contributed by atoms with E-state index in [0.29, 0.717) is 12.3 Å². The second kappa shape index (κ2) is 12.2. The number of rotatable bonds is 12. The number of ether oxygens (including phenoxy) is 1. The smallest absolute Gasteiger partial charge is 0.224 e. The molecule has 0 aliphatic heterocycles. The van der Waals surface area contributed by atoms with E-state index in [4.69, 9.17) is 4.74 Å². The average Bonchev–Trinajstić information content (AvgIpc) is 2.69. The molecule has 0 atom stereocenters. The van der Waals surface area contributed by atoms with Crippen molar-refractivity contribution in [2.45, 2.75) is 110 Å². The normalized spacial score (nSPS) is 19.7. The molecule has 29 heavy (non-hydrogen) atoms. The van der Waals surface area contributed by atoms with Crippen molar-refractivity contribution in [1.29, 1.82) is 0 Å². The maximum Gasteiger partial charge on any atom is 0.224 e. The van der Waals surface area contributed by atoms with Gasteiger partial charge in [-0.25, -0.2) is 0 Å². The summed E-state index contributed by atoms with van der Waals surface area (Å²) < 4.78 is 6.34. The summed E-state index contributed by atoms with van der Waals surface area (Å²) >= 11 is 0. The molecule has 1 N–H and O–H groups in total. The lowest BCUT2D eigenvalue weighted by molar-refractivity contribution is -0.116. The first-order valence-corrected chi connectivity index (χ1v) is 12.0. The zero-order valence-corrected chi connectivity index (χ0v) is 19.3. The molecule has 0 aromatic heterocycles. The van der Waals surface area contributed by atoms with Gasteiger partial charge in [0, 0.05) is 12.1 Å². The number of unbranched alkanes of at least 4 members (excludes halogenated alkanes) is 6. The number of hydrogen-bond donors (Lipinski definition) is 1. The second-order valence-corrected chi connectivity index (χ2v) is 9.61. The van der Waals surface area contributed by atoms with Crippen LogP contribution in [0.4, 0.5) is 5.69 Å².